The Hall–Kier alpha value is -2.84. The Morgan fingerprint density at radius 2 is 1.75 bits per heavy atom. The number of hydrogen-bond acceptors (Lipinski definition) is 4. The monoisotopic (exact) mass is 468 g/mol. The van der Waals surface area contributed by atoms with Crippen LogP contribution >= 0.6 is 11.3 Å². The summed E-state index contributed by atoms with van der Waals surface area (Å²) in [5.74, 6) is 0. The molecule has 0 bridgehead atoms. The first kappa shape index (κ1) is 23.8. The average Bonchev–Trinajstić information content (AvgIpc) is 3.08. The van der Waals surface area contributed by atoms with Crippen molar-refractivity contribution >= 4 is 24.6 Å². The van der Waals surface area contributed by atoms with Gasteiger partial charge in [-0.1, -0.05) is 29.7 Å². The van der Waals surface area contributed by atoms with Crippen LogP contribution in [0.5, 0.6) is 0 Å². The molecule has 166 valence electrons. The highest BCUT2D eigenvalue weighted by molar-refractivity contribution is 7.15. The molecule has 3 rings (SSSR count). The van der Waals surface area contributed by atoms with Crippen molar-refractivity contribution in [2.45, 2.75) is 32.0 Å². The maximum absolute atomic E-state index is 13.8. The molecule has 0 aliphatic carbocycles. The first-order chi connectivity index (χ1) is 14.9. The first-order valence-corrected chi connectivity index (χ1v) is 10.0. The number of halogens is 6. The molecule has 0 spiro atoms. The van der Waals surface area contributed by atoms with E-state index in [4.69, 9.17) is 10.00 Å². The van der Waals surface area contributed by atoms with Crippen LogP contribution in [0.1, 0.15) is 33.4 Å². The van der Waals surface area contributed by atoms with E-state index in [0.29, 0.717) is 16.6 Å². The predicted molar refractivity (Wildman–Crippen MR) is 110 cm³/mol. The normalized spacial score (nSPS) is 13.1. The zero-order valence-corrected chi connectivity index (χ0v) is 17.6. The van der Waals surface area contributed by atoms with Gasteiger partial charge in [0.15, 0.2) is 6.10 Å². The van der Waals surface area contributed by atoms with Gasteiger partial charge >= 0.3 is 12.4 Å². The van der Waals surface area contributed by atoms with Gasteiger partial charge in [0.25, 0.3) is 0 Å². The van der Waals surface area contributed by atoms with Gasteiger partial charge in [0.2, 0.25) is 0 Å². The molecule has 1 aromatic heterocycles. The number of nitrogens with zero attached hydrogens (tertiary/aromatic N) is 2. The van der Waals surface area contributed by atoms with Crippen molar-refractivity contribution in [3.8, 4) is 16.6 Å². The Labute approximate surface area is 184 Å². The average molecular weight is 468 g/mol. The number of nitriles is 1. The fourth-order valence-corrected chi connectivity index (χ4v) is 4.16. The standard InChI is InChI=1S/C21H15BF6N2OS/c1-11-17(32-19(30-11)13-4-6-15(7-5-13)20(23,24)25)18(21(26,27)28)31-10-12-2-3-14(9-29)16(22)8-12/h2-8,18H,10,22H2,1H3. The molecule has 0 fully saturated rings. The van der Waals surface area contributed by atoms with Crippen LogP contribution in [-0.2, 0) is 17.5 Å². The molecular formula is C21H15BF6N2OS. The van der Waals surface area contributed by atoms with Gasteiger partial charge in [0.05, 0.1) is 28.8 Å². The van der Waals surface area contributed by atoms with Crippen LogP contribution in [0.25, 0.3) is 10.6 Å². The lowest BCUT2D eigenvalue weighted by Crippen LogP contribution is -2.23. The quantitative estimate of drug-likeness (QED) is 0.387. The highest BCUT2D eigenvalue weighted by Gasteiger charge is 2.44. The van der Waals surface area contributed by atoms with E-state index in [-0.39, 0.29) is 27.7 Å². The van der Waals surface area contributed by atoms with Crippen LogP contribution in [0.3, 0.4) is 0 Å². The largest absolute Gasteiger partial charge is 0.419 e. The summed E-state index contributed by atoms with van der Waals surface area (Å²) in [4.78, 5) is 3.95. The Morgan fingerprint density at radius 1 is 1.09 bits per heavy atom. The topological polar surface area (TPSA) is 45.9 Å². The fraction of sp³-hybridized carbons (Fsp3) is 0.238. The van der Waals surface area contributed by atoms with Crippen molar-refractivity contribution < 1.29 is 31.1 Å². The number of hydrogen-bond donors (Lipinski definition) is 0. The lowest BCUT2D eigenvalue weighted by Gasteiger charge is -2.20. The number of aryl methyl sites for hydroxylation is 1. The van der Waals surface area contributed by atoms with Crippen molar-refractivity contribution in [3.63, 3.8) is 0 Å². The highest BCUT2D eigenvalue weighted by atomic mass is 32.1. The van der Waals surface area contributed by atoms with Crippen molar-refractivity contribution in [1.29, 1.82) is 5.26 Å². The maximum atomic E-state index is 13.8. The molecule has 0 saturated carbocycles. The highest BCUT2D eigenvalue weighted by Crippen LogP contribution is 2.42. The van der Waals surface area contributed by atoms with Crippen LogP contribution in [0.2, 0.25) is 0 Å². The molecule has 3 nitrogen and oxygen atoms in total. The third kappa shape index (κ3) is 5.31. The summed E-state index contributed by atoms with van der Waals surface area (Å²) in [5, 5.41) is 9.14. The van der Waals surface area contributed by atoms with Gasteiger partial charge in [0, 0.05) is 11.1 Å². The summed E-state index contributed by atoms with van der Waals surface area (Å²) in [6.07, 6.45) is -11.5. The minimum Gasteiger partial charge on any atom is -0.358 e. The second-order valence-electron chi connectivity index (χ2n) is 7.04. The number of rotatable bonds is 5. The summed E-state index contributed by atoms with van der Waals surface area (Å²) in [7, 11) is 1.67. The van der Waals surface area contributed by atoms with Crippen molar-refractivity contribution in [2.75, 3.05) is 0 Å². The third-order valence-electron chi connectivity index (χ3n) is 4.66. The molecule has 2 aromatic carbocycles. The molecule has 32 heavy (non-hydrogen) atoms. The second kappa shape index (κ2) is 8.96. The van der Waals surface area contributed by atoms with Gasteiger partial charge in [-0.25, -0.2) is 4.98 Å². The van der Waals surface area contributed by atoms with Gasteiger partial charge in [-0.3, -0.25) is 0 Å². The summed E-state index contributed by atoms with van der Waals surface area (Å²) < 4.78 is 84.8. The first-order valence-electron chi connectivity index (χ1n) is 9.23. The summed E-state index contributed by atoms with van der Waals surface area (Å²) in [5.41, 5.74) is 1.02. The van der Waals surface area contributed by atoms with E-state index in [0.717, 1.165) is 23.5 Å². The SMILES string of the molecule is Bc1cc(COC(c2sc(-c3ccc(C(F)(F)F)cc3)nc2C)C(F)(F)F)ccc1C#N. The van der Waals surface area contributed by atoms with Gasteiger partial charge in [0.1, 0.15) is 12.9 Å². The van der Waals surface area contributed by atoms with E-state index in [1.165, 1.54) is 31.2 Å². The number of alkyl halides is 6. The third-order valence-corrected chi connectivity index (χ3v) is 5.90. The van der Waals surface area contributed by atoms with Crippen LogP contribution in [0, 0.1) is 18.3 Å². The lowest BCUT2D eigenvalue weighted by molar-refractivity contribution is -0.226. The van der Waals surface area contributed by atoms with E-state index < -0.39 is 24.0 Å². The molecule has 0 aliphatic rings. The summed E-state index contributed by atoms with van der Waals surface area (Å²) in [6, 6.07) is 10.7. The van der Waals surface area contributed by atoms with E-state index in [1.54, 1.807) is 13.9 Å². The molecule has 1 atom stereocenters. The van der Waals surface area contributed by atoms with Crippen LogP contribution in [0.15, 0.2) is 42.5 Å². The Kier molecular flexibility index (Phi) is 6.67. The van der Waals surface area contributed by atoms with Crippen LogP contribution in [0.4, 0.5) is 26.3 Å². The van der Waals surface area contributed by atoms with Crippen LogP contribution < -0.4 is 5.46 Å². The molecular weight excluding hydrogens is 453 g/mol. The number of ether oxygens (including phenoxy) is 1. The van der Waals surface area contributed by atoms with E-state index in [9.17, 15) is 26.3 Å². The molecule has 3 aromatic rings. The molecule has 0 N–H and O–H groups in total. The number of aromatic nitrogens is 1. The molecule has 0 aliphatic heterocycles. The second-order valence-corrected chi connectivity index (χ2v) is 8.07. The van der Waals surface area contributed by atoms with E-state index in [1.807, 2.05) is 6.07 Å². The Morgan fingerprint density at radius 3 is 2.28 bits per heavy atom. The van der Waals surface area contributed by atoms with Crippen molar-refractivity contribution in [2.24, 2.45) is 0 Å². The Balaban J connectivity index is 1.87. The van der Waals surface area contributed by atoms with E-state index in [2.05, 4.69) is 4.98 Å². The fourth-order valence-electron chi connectivity index (χ4n) is 3.02. The minimum atomic E-state index is -4.73. The smallest absolute Gasteiger partial charge is 0.358 e. The van der Waals surface area contributed by atoms with Crippen LogP contribution in [-0.4, -0.2) is 19.0 Å². The van der Waals surface area contributed by atoms with Crippen molar-refractivity contribution in [1.82, 2.24) is 4.98 Å². The van der Waals surface area contributed by atoms with Gasteiger partial charge in [-0.2, -0.15) is 31.6 Å². The number of benzene rings is 2. The zero-order chi connectivity index (χ0) is 23.7. The lowest BCUT2D eigenvalue weighted by atomic mass is 9.89. The molecule has 0 saturated heterocycles. The van der Waals surface area contributed by atoms with Gasteiger partial charge in [-0.15, -0.1) is 11.3 Å². The summed E-state index contributed by atoms with van der Waals surface area (Å²) >= 11 is 0.725. The molecule has 0 amide bonds. The zero-order valence-electron chi connectivity index (χ0n) is 16.8. The van der Waals surface area contributed by atoms with Crippen molar-refractivity contribution in [3.05, 3.63) is 69.7 Å². The minimum absolute atomic E-state index is 0.0863. The Bertz CT molecular complexity index is 1150. The number of thiazole rings is 1. The van der Waals surface area contributed by atoms with Gasteiger partial charge < -0.3 is 4.74 Å². The molecule has 11 heteroatoms. The molecule has 1 unspecified atom stereocenters. The van der Waals surface area contributed by atoms with Gasteiger partial charge in [-0.05, 0) is 30.7 Å². The molecule has 0 radical (unpaired) electrons. The maximum Gasteiger partial charge on any atom is 0.419 e. The molecule has 1 heterocycles. The van der Waals surface area contributed by atoms with E-state index >= 15 is 0 Å². The summed E-state index contributed by atoms with van der Waals surface area (Å²) in [6.45, 7) is 1.05. The predicted octanol–water partition coefficient (Wildman–Crippen LogP) is 5.09.